The van der Waals surface area contributed by atoms with Gasteiger partial charge in [-0.05, 0) is 62.7 Å². The SMILES string of the molecule is CCCNS(=O)(=O)c1ccc(NC(=O)c2ccc(OCC)c(OCC)c2)cc1. The van der Waals surface area contributed by atoms with Gasteiger partial charge in [0, 0.05) is 17.8 Å². The molecule has 8 heteroatoms. The second-order valence-corrected chi connectivity index (χ2v) is 7.67. The number of ether oxygens (including phenoxy) is 2. The highest BCUT2D eigenvalue weighted by atomic mass is 32.2. The highest BCUT2D eigenvalue weighted by molar-refractivity contribution is 7.89. The van der Waals surface area contributed by atoms with Gasteiger partial charge >= 0.3 is 0 Å². The lowest BCUT2D eigenvalue weighted by Gasteiger charge is -2.12. The molecular formula is C20H26N2O5S. The van der Waals surface area contributed by atoms with E-state index in [1.807, 2.05) is 20.8 Å². The van der Waals surface area contributed by atoms with Gasteiger partial charge in [-0.1, -0.05) is 6.92 Å². The van der Waals surface area contributed by atoms with Crippen LogP contribution in [0.1, 0.15) is 37.6 Å². The summed E-state index contributed by atoms with van der Waals surface area (Å²) < 4.78 is 37.7. The Morgan fingerprint density at radius 3 is 2.18 bits per heavy atom. The molecule has 28 heavy (non-hydrogen) atoms. The van der Waals surface area contributed by atoms with Crippen molar-refractivity contribution in [2.45, 2.75) is 32.1 Å². The highest BCUT2D eigenvalue weighted by Crippen LogP contribution is 2.29. The van der Waals surface area contributed by atoms with E-state index in [4.69, 9.17) is 9.47 Å². The smallest absolute Gasteiger partial charge is 0.255 e. The van der Waals surface area contributed by atoms with Crippen molar-refractivity contribution in [3.05, 3.63) is 48.0 Å². The Labute approximate surface area is 166 Å². The van der Waals surface area contributed by atoms with Gasteiger partial charge in [0.25, 0.3) is 5.91 Å². The standard InChI is InChI=1S/C20H26N2O5S/c1-4-13-21-28(24,25)17-10-8-16(9-11-17)22-20(23)15-7-12-18(26-5-2)19(14-15)27-6-3/h7-12,14,21H,4-6,13H2,1-3H3,(H,22,23). The van der Waals surface area contributed by atoms with E-state index >= 15 is 0 Å². The third-order valence-corrected chi connectivity index (χ3v) is 5.25. The lowest BCUT2D eigenvalue weighted by atomic mass is 10.2. The highest BCUT2D eigenvalue weighted by Gasteiger charge is 2.14. The van der Waals surface area contributed by atoms with Crippen LogP contribution in [0.3, 0.4) is 0 Å². The summed E-state index contributed by atoms with van der Waals surface area (Å²) in [5.74, 6) is 0.749. The third kappa shape index (κ3) is 5.71. The van der Waals surface area contributed by atoms with E-state index in [9.17, 15) is 13.2 Å². The van der Waals surface area contributed by atoms with Crippen molar-refractivity contribution >= 4 is 21.6 Å². The van der Waals surface area contributed by atoms with Crippen LogP contribution in [0, 0.1) is 0 Å². The van der Waals surface area contributed by atoms with Crippen molar-refractivity contribution in [2.24, 2.45) is 0 Å². The number of anilines is 1. The molecule has 152 valence electrons. The molecule has 7 nitrogen and oxygen atoms in total. The van der Waals surface area contributed by atoms with Crippen molar-refractivity contribution in [3.8, 4) is 11.5 Å². The topological polar surface area (TPSA) is 93.7 Å². The van der Waals surface area contributed by atoms with Gasteiger partial charge in [0.1, 0.15) is 0 Å². The van der Waals surface area contributed by atoms with Gasteiger partial charge in [0.2, 0.25) is 10.0 Å². The van der Waals surface area contributed by atoms with Crippen LogP contribution in [0.15, 0.2) is 47.4 Å². The summed E-state index contributed by atoms with van der Waals surface area (Å²) in [6.07, 6.45) is 0.708. The molecule has 0 fully saturated rings. The van der Waals surface area contributed by atoms with Crippen LogP contribution in [-0.2, 0) is 10.0 Å². The van der Waals surface area contributed by atoms with Crippen LogP contribution >= 0.6 is 0 Å². The number of amides is 1. The Morgan fingerprint density at radius 1 is 0.929 bits per heavy atom. The first-order valence-electron chi connectivity index (χ1n) is 9.22. The van der Waals surface area contributed by atoms with E-state index in [2.05, 4.69) is 10.0 Å². The minimum atomic E-state index is -3.54. The Hall–Kier alpha value is -2.58. The number of hydrogen-bond donors (Lipinski definition) is 2. The maximum absolute atomic E-state index is 12.5. The van der Waals surface area contributed by atoms with Gasteiger partial charge in [-0.25, -0.2) is 13.1 Å². The Morgan fingerprint density at radius 2 is 1.57 bits per heavy atom. The van der Waals surface area contributed by atoms with Crippen LogP contribution in [0.4, 0.5) is 5.69 Å². The third-order valence-electron chi connectivity index (χ3n) is 3.77. The lowest BCUT2D eigenvalue weighted by Crippen LogP contribution is -2.24. The second-order valence-electron chi connectivity index (χ2n) is 5.90. The average Bonchev–Trinajstić information content (AvgIpc) is 2.68. The van der Waals surface area contributed by atoms with Crippen molar-refractivity contribution in [3.63, 3.8) is 0 Å². The quantitative estimate of drug-likeness (QED) is 0.630. The van der Waals surface area contributed by atoms with Gasteiger partial charge < -0.3 is 14.8 Å². The van der Waals surface area contributed by atoms with Gasteiger partial charge in [-0.15, -0.1) is 0 Å². The van der Waals surface area contributed by atoms with Gasteiger partial charge in [-0.2, -0.15) is 0 Å². The molecule has 0 unspecified atom stereocenters. The summed E-state index contributed by atoms with van der Waals surface area (Å²) in [4.78, 5) is 12.7. The molecule has 2 rings (SSSR count). The van der Waals surface area contributed by atoms with E-state index in [1.165, 1.54) is 12.1 Å². The number of benzene rings is 2. The monoisotopic (exact) mass is 406 g/mol. The lowest BCUT2D eigenvalue weighted by molar-refractivity contribution is 0.102. The fraction of sp³-hybridized carbons (Fsp3) is 0.350. The summed E-state index contributed by atoms with van der Waals surface area (Å²) >= 11 is 0. The van der Waals surface area contributed by atoms with Gasteiger partial charge in [-0.3, -0.25) is 4.79 Å². The van der Waals surface area contributed by atoms with Crippen molar-refractivity contribution in [1.29, 1.82) is 0 Å². The first-order chi connectivity index (χ1) is 13.4. The van der Waals surface area contributed by atoms with E-state index in [0.29, 0.717) is 48.9 Å². The molecule has 0 spiro atoms. The molecule has 0 saturated carbocycles. The van der Waals surface area contributed by atoms with Crippen LogP contribution in [0.5, 0.6) is 11.5 Å². The molecule has 0 saturated heterocycles. The molecule has 0 aliphatic rings. The fourth-order valence-corrected chi connectivity index (χ4v) is 3.57. The summed E-state index contributed by atoms with van der Waals surface area (Å²) in [6.45, 7) is 6.94. The largest absolute Gasteiger partial charge is 0.490 e. The van der Waals surface area contributed by atoms with E-state index < -0.39 is 10.0 Å². The molecule has 0 heterocycles. The van der Waals surface area contributed by atoms with Crippen LogP contribution in [-0.4, -0.2) is 34.1 Å². The summed E-state index contributed by atoms with van der Waals surface area (Å²) in [6, 6.07) is 11.0. The van der Waals surface area contributed by atoms with Gasteiger partial charge in [0.15, 0.2) is 11.5 Å². The number of sulfonamides is 1. The van der Waals surface area contributed by atoms with E-state index in [0.717, 1.165) is 0 Å². The maximum atomic E-state index is 12.5. The molecule has 0 aromatic heterocycles. The average molecular weight is 407 g/mol. The van der Waals surface area contributed by atoms with Gasteiger partial charge in [0.05, 0.1) is 18.1 Å². The number of carbonyl (C=O) groups is 1. The number of rotatable bonds is 10. The van der Waals surface area contributed by atoms with Crippen molar-refractivity contribution < 1.29 is 22.7 Å². The minimum Gasteiger partial charge on any atom is -0.490 e. The molecular weight excluding hydrogens is 380 g/mol. The summed E-state index contributed by atoms with van der Waals surface area (Å²) in [7, 11) is -3.54. The molecule has 0 atom stereocenters. The predicted molar refractivity (Wildman–Crippen MR) is 109 cm³/mol. The zero-order valence-electron chi connectivity index (χ0n) is 16.3. The Balaban J connectivity index is 2.13. The fourth-order valence-electron chi connectivity index (χ4n) is 2.43. The van der Waals surface area contributed by atoms with Crippen molar-refractivity contribution in [1.82, 2.24) is 4.72 Å². The molecule has 2 N–H and O–H groups in total. The minimum absolute atomic E-state index is 0.152. The maximum Gasteiger partial charge on any atom is 0.255 e. The Bertz CT molecular complexity index is 895. The van der Waals surface area contributed by atoms with Crippen LogP contribution in [0.2, 0.25) is 0 Å². The normalized spacial score (nSPS) is 11.1. The number of nitrogens with one attached hydrogen (secondary N) is 2. The molecule has 2 aromatic rings. The van der Waals surface area contributed by atoms with E-state index in [1.54, 1.807) is 30.3 Å². The number of hydrogen-bond acceptors (Lipinski definition) is 5. The molecule has 0 aliphatic carbocycles. The number of carbonyl (C=O) groups excluding carboxylic acids is 1. The molecule has 0 radical (unpaired) electrons. The summed E-state index contributed by atoms with van der Waals surface area (Å²) in [5.41, 5.74) is 0.902. The predicted octanol–water partition coefficient (Wildman–Crippen LogP) is 3.42. The molecule has 0 aliphatic heterocycles. The Kier molecular flexibility index (Phi) is 7.83. The van der Waals surface area contributed by atoms with Crippen molar-refractivity contribution in [2.75, 3.05) is 25.1 Å². The molecule has 2 aromatic carbocycles. The zero-order chi connectivity index (χ0) is 20.6. The molecule has 1 amide bonds. The van der Waals surface area contributed by atoms with Crippen LogP contribution < -0.4 is 19.5 Å². The van der Waals surface area contributed by atoms with Crippen LogP contribution in [0.25, 0.3) is 0 Å². The second kappa shape index (κ2) is 10.1. The first kappa shape index (κ1) is 21.7. The van der Waals surface area contributed by atoms with E-state index in [-0.39, 0.29) is 10.8 Å². The molecule has 0 bridgehead atoms. The first-order valence-corrected chi connectivity index (χ1v) is 10.7. The summed E-state index contributed by atoms with van der Waals surface area (Å²) in [5, 5.41) is 2.75. The zero-order valence-corrected chi connectivity index (χ0v) is 17.1.